The molecule has 0 unspecified atom stereocenters. The van der Waals surface area contributed by atoms with Gasteiger partial charge in [0.05, 0.1) is 10.6 Å². The van der Waals surface area contributed by atoms with Gasteiger partial charge in [0.15, 0.2) is 0 Å². The number of likely N-dealkylation sites (tertiary alicyclic amines) is 1. The average molecular weight is 328 g/mol. The number of urea groups is 1. The highest BCUT2D eigenvalue weighted by atomic mass is 79.9. The Morgan fingerprint density at radius 1 is 1.42 bits per heavy atom. The van der Waals surface area contributed by atoms with Crippen LogP contribution >= 0.6 is 15.9 Å². The molecule has 1 aliphatic rings. The van der Waals surface area contributed by atoms with E-state index in [0.717, 1.165) is 25.9 Å². The first-order valence-electron chi connectivity index (χ1n) is 5.99. The number of carbonyl (C=O) groups is 1. The number of nitro groups is 1. The van der Waals surface area contributed by atoms with Crippen molar-refractivity contribution >= 4 is 33.3 Å². The molecule has 0 aliphatic carbocycles. The van der Waals surface area contributed by atoms with E-state index in [1.165, 1.54) is 6.07 Å². The van der Waals surface area contributed by atoms with Crippen LogP contribution < -0.4 is 5.32 Å². The number of nitrogens with one attached hydrogen (secondary N) is 1. The molecule has 2 rings (SSSR count). The summed E-state index contributed by atoms with van der Waals surface area (Å²) in [5, 5.41) is 13.6. The lowest BCUT2D eigenvalue weighted by Gasteiger charge is -2.17. The Morgan fingerprint density at radius 3 is 2.63 bits per heavy atom. The van der Waals surface area contributed by atoms with Crippen molar-refractivity contribution in [3.05, 3.63) is 32.3 Å². The van der Waals surface area contributed by atoms with Crippen molar-refractivity contribution in [2.75, 3.05) is 18.4 Å². The number of halogens is 1. The first-order chi connectivity index (χ1) is 8.99. The first-order valence-corrected chi connectivity index (χ1v) is 6.79. The molecule has 0 atom stereocenters. The zero-order valence-electron chi connectivity index (χ0n) is 10.5. The van der Waals surface area contributed by atoms with Gasteiger partial charge in [-0.05, 0) is 41.8 Å². The minimum absolute atomic E-state index is 0.0000723. The molecule has 0 bridgehead atoms. The number of nitro benzene ring substituents is 1. The molecule has 1 N–H and O–H groups in total. The number of aryl methyl sites for hydroxylation is 1. The standard InChI is InChI=1S/C12H14BrN3O3/c1-8-6-9(13)10(7-11(8)16(18)19)14-12(17)15-4-2-3-5-15/h6-7H,2-5H2,1H3,(H,14,17). The molecule has 1 aromatic carbocycles. The van der Waals surface area contributed by atoms with Gasteiger partial charge < -0.3 is 10.2 Å². The van der Waals surface area contributed by atoms with E-state index in [-0.39, 0.29) is 11.7 Å². The van der Waals surface area contributed by atoms with Crippen molar-refractivity contribution in [3.63, 3.8) is 0 Å². The highest BCUT2D eigenvalue weighted by Gasteiger charge is 2.20. The third kappa shape index (κ3) is 3.04. The molecular formula is C12H14BrN3O3. The maximum absolute atomic E-state index is 12.0. The van der Waals surface area contributed by atoms with Crippen LogP contribution in [0.5, 0.6) is 0 Å². The van der Waals surface area contributed by atoms with Crippen LogP contribution in [0.1, 0.15) is 18.4 Å². The summed E-state index contributed by atoms with van der Waals surface area (Å²) >= 11 is 3.31. The summed E-state index contributed by atoms with van der Waals surface area (Å²) in [5.74, 6) is 0. The van der Waals surface area contributed by atoms with Crippen molar-refractivity contribution in [1.29, 1.82) is 0 Å². The number of amides is 2. The second-order valence-corrected chi connectivity index (χ2v) is 5.35. The van der Waals surface area contributed by atoms with Crippen molar-refractivity contribution in [2.45, 2.75) is 19.8 Å². The fourth-order valence-electron chi connectivity index (χ4n) is 2.07. The van der Waals surface area contributed by atoms with E-state index in [0.29, 0.717) is 15.7 Å². The van der Waals surface area contributed by atoms with Crippen molar-refractivity contribution in [2.24, 2.45) is 0 Å². The molecule has 1 aliphatic heterocycles. The summed E-state index contributed by atoms with van der Waals surface area (Å²) in [6, 6.07) is 2.81. The Balaban J connectivity index is 2.21. The summed E-state index contributed by atoms with van der Waals surface area (Å²) in [7, 11) is 0. The summed E-state index contributed by atoms with van der Waals surface area (Å²) in [5.41, 5.74) is 0.977. The van der Waals surface area contributed by atoms with E-state index in [1.54, 1.807) is 17.9 Å². The smallest absolute Gasteiger partial charge is 0.321 e. The number of rotatable bonds is 2. The van der Waals surface area contributed by atoms with Crippen LogP contribution in [0.4, 0.5) is 16.2 Å². The summed E-state index contributed by atoms with van der Waals surface area (Å²) in [6.45, 7) is 3.13. The van der Waals surface area contributed by atoms with E-state index in [2.05, 4.69) is 21.2 Å². The number of anilines is 1. The fourth-order valence-corrected chi connectivity index (χ4v) is 2.63. The van der Waals surface area contributed by atoms with Crippen LogP contribution in [0.25, 0.3) is 0 Å². The van der Waals surface area contributed by atoms with Crippen LogP contribution in [0.2, 0.25) is 0 Å². The summed E-state index contributed by atoms with van der Waals surface area (Å²) in [6.07, 6.45) is 2.01. The molecule has 0 aromatic heterocycles. The summed E-state index contributed by atoms with van der Waals surface area (Å²) < 4.78 is 0.642. The molecule has 1 aromatic rings. The van der Waals surface area contributed by atoms with Gasteiger partial charge in [-0.2, -0.15) is 0 Å². The molecule has 0 spiro atoms. The van der Waals surface area contributed by atoms with Gasteiger partial charge in [-0.1, -0.05) is 0 Å². The van der Waals surface area contributed by atoms with Gasteiger partial charge in [-0.25, -0.2) is 4.79 Å². The highest BCUT2D eigenvalue weighted by molar-refractivity contribution is 9.10. The van der Waals surface area contributed by atoms with Crippen LogP contribution in [-0.4, -0.2) is 28.9 Å². The maximum Gasteiger partial charge on any atom is 0.321 e. The Labute approximate surface area is 119 Å². The van der Waals surface area contributed by atoms with Crippen molar-refractivity contribution in [3.8, 4) is 0 Å². The number of benzene rings is 1. The van der Waals surface area contributed by atoms with Crippen molar-refractivity contribution in [1.82, 2.24) is 4.90 Å². The molecule has 0 radical (unpaired) electrons. The minimum atomic E-state index is -0.451. The number of nitrogens with zero attached hydrogens (tertiary/aromatic N) is 2. The molecular weight excluding hydrogens is 314 g/mol. The van der Waals surface area contributed by atoms with Gasteiger partial charge in [0.2, 0.25) is 0 Å². The van der Waals surface area contributed by atoms with Gasteiger partial charge in [0.25, 0.3) is 5.69 Å². The lowest BCUT2D eigenvalue weighted by atomic mass is 10.2. The van der Waals surface area contributed by atoms with E-state index >= 15 is 0 Å². The molecule has 102 valence electrons. The normalized spacial score (nSPS) is 14.5. The second-order valence-electron chi connectivity index (χ2n) is 4.50. The third-order valence-corrected chi connectivity index (χ3v) is 3.77. The van der Waals surface area contributed by atoms with Gasteiger partial charge >= 0.3 is 6.03 Å². The lowest BCUT2D eigenvalue weighted by molar-refractivity contribution is -0.385. The Kier molecular flexibility index (Phi) is 4.04. The molecule has 19 heavy (non-hydrogen) atoms. The Morgan fingerprint density at radius 2 is 2.05 bits per heavy atom. The monoisotopic (exact) mass is 327 g/mol. The minimum Gasteiger partial charge on any atom is -0.325 e. The molecule has 1 heterocycles. The molecule has 2 amide bonds. The average Bonchev–Trinajstić information content (AvgIpc) is 2.85. The molecule has 1 saturated heterocycles. The summed E-state index contributed by atoms with van der Waals surface area (Å²) in [4.78, 5) is 24.1. The third-order valence-electron chi connectivity index (χ3n) is 3.12. The van der Waals surface area contributed by atoms with E-state index < -0.39 is 4.92 Å². The quantitative estimate of drug-likeness (QED) is 0.668. The van der Waals surface area contributed by atoms with Crippen LogP contribution in [0, 0.1) is 17.0 Å². The van der Waals surface area contributed by atoms with Crippen molar-refractivity contribution < 1.29 is 9.72 Å². The Bertz CT molecular complexity index is 527. The SMILES string of the molecule is Cc1cc(Br)c(NC(=O)N2CCCC2)cc1[N+](=O)[O-]. The van der Waals surface area contributed by atoms with Crippen LogP contribution in [-0.2, 0) is 0 Å². The molecule has 1 fully saturated rings. The lowest BCUT2D eigenvalue weighted by Crippen LogP contribution is -2.32. The second kappa shape index (κ2) is 5.56. The first kappa shape index (κ1) is 13.8. The van der Waals surface area contributed by atoms with Gasteiger partial charge in [-0.3, -0.25) is 10.1 Å². The topological polar surface area (TPSA) is 75.5 Å². The largest absolute Gasteiger partial charge is 0.325 e. The molecule has 0 saturated carbocycles. The number of hydrogen-bond donors (Lipinski definition) is 1. The predicted molar refractivity (Wildman–Crippen MR) is 75.4 cm³/mol. The van der Waals surface area contributed by atoms with E-state index in [4.69, 9.17) is 0 Å². The number of carbonyl (C=O) groups excluding carboxylic acids is 1. The van der Waals surface area contributed by atoms with E-state index in [1.807, 2.05) is 0 Å². The number of hydrogen-bond acceptors (Lipinski definition) is 3. The van der Waals surface area contributed by atoms with Gasteiger partial charge in [0, 0.05) is 29.2 Å². The zero-order chi connectivity index (χ0) is 14.0. The van der Waals surface area contributed by atoms with Gasteiger partial charge in [-0.15, -0.1) is 0 Å². The van der Waals surface area contributed by atoms with E-state index in [9.17, 15) is 14.9 Å². The van der Waals surface area contributed by atoms with Crippen LogP contribution in [0.3, 0.4) is 0 Å². The maximum atomic E-state index is 12.0. The fraction of sp³-hybridized carbons (Fsp3) is 0.417. The molecule has 6 nitrogen and oxygen atoms in total. The van der Waals surface area contributed by atoms with Gasteiger partial charge in [0.1, 0.15) is 0 Å². The van der Waals surface area contributed by atoms with Crippen LogP contribution in [0.15, 0.2) is 16.6 Å². The highest BCUT2D eigenvalue weighted by Crippen LogP contribution is 2.31. The Hall–Kier alpha value is -1.63. The zero-order valence-corrected chi connectivity index (χ0v) is 12.1. The molecule has 7 heteroatoms. The predicted octanol–water partition coefficient (Wildman–Crippen LogP) is 3.29.